The second-order valence-electron chi connectivity index (χ2n) is 8.84. The van der Waals surface area contributed by atoms with Gasteiger partial charge in [0.15, 0.2) is 6.61 Å². The summed E-state index contributed by atoms with van der Waals surface area (Å²) in [6.07, 6.45) is 0.524. The topological polar surface area (TPSA) is 58.6 Å². The Morgan fingerprint density at radius 2 is 1.67 bits per heavy atom. The van der Waals surface area contributed by atoms with Crippen molar-refractivity contribution in [3.8, 4) is 5.75 Å². The molecule has 0 aliphatic rings. The third-order valence-electron chi connectivity index (χ3n) is 5.64. The fraction of sp³-hybridized carbons (Fsp3) is 0.357. The molecule has 0 saturated carbocycles. The van der Waals surface area contributed by atoms with Gasteiger partial charge in [-0.25, -0.2) is 0 Å². The number of benzene rings is 3. The average molecular weight is 447 g/mol. The van der Waals surface area contributed by atoms with Crippen molar-refractivity contribution >= 4 is 22.6 Å². The van der Waals surface area contributed by atoms with Gasteiger partial charge in [0.1, 0.15) is 11.8 Å². The molecule has 174 valence electrons. The lowest BCUT2D eigenvalue weighted by molar-refractivity contribution is -0.143. The standard InChI is InChI=1S/C28H34N2O3/c1-5-25(28(32)29-17-20(2)3)30(18-22-15-13-21(4)14-16-22)27(31)19-33-26-12-8-10-23-9-6-7-11-24(23)26/h6-16,20,25H,5,17-19H2,1-4H3,(H,29,32)/t25-/m0/s1. The maximum absolute atomic E-state index is 13.4. The SMILES string of the molecule is CC[C@@H](C(=O)NCC(C)C)N(Cc1ccc(C)cc1)C(=O)COc1cccc2ccccc12. The Labute approximate surface area is 196 Å². The minimum absolute atomic E-state index is 0.128. The first kappa shape index (κ1) is 24.3. The van der Waals surface area contributed by atoms with Crippen LogP contribution in [0, 0.1) is 12.8 Å². The van der Waals surface area contributed by atoms with Gasteiger partial charge in [-0.15, -0.1) is 0 Å². The average Bonchev–Trinajstić information content (AvgIpc) is 2.82. The van der Waals surface area contributed by atoms with Gasteiger partial charge in [0, 0.05) is 18.5 Å². The monoisotopic (exact) mass is 446 g/mol. The van der Waals surface area contributed by atoms with Crippen molar-refractivity contribution in [2.24, 2.45) is 5.92 Å². The van der Waals surface area contributed by atoms with Crippen molar-refractivity contribution < 1.29 is 14.3 Å². The van der Waals surface area contributed by atoms with Gasteiger partial charge in [0.05, 0.1) is 0 Å². The van der Waals surface area contributed by atoms with Crippen LogP contribution in [0.4, 0.5) is 0 Å². The summed E-state index contributed by atoms with van der Waals surface area (Å²) in [5, 5.41) is 5.00. The van der Waals surface area contributed by atoms with Gasteiger partial charge in [-0.05, 0) is 36.3 Å². The maximum atomic E-state index is 13.4. The predicted octanol–water partition coefficient (Wildman–Crippen LogP) is 5.11. The highest BCUT2D eigenvalue weighted by atomic mass is 16.5. The quantitative estimate of drug-likeness (QED) is 0.471. The Hall–Kier alpha value is -3.34. The van der Waals surface area contributed by atoms with E-state index in [1.165, 1.54) is 0 Å². The molecule has 3 aromatic carbocycles. The molecule has 3 rings (SSSR count). The lowest BCUT2D eigenvalue weighted by Gasteiger charge is -2.31. The van der Waals surface area contributed by atoms with E-state index < -0.39 is 6.04 Å². The van der Waals surface area contributed by atoms with Gasteiger partial charge in [0.2, 0.25) is 5.91 Å². The van der Waals surface area contributed by atoms with Crippen LogP contribution in [0.5, 0.6) is 5.75 Å². The molecule has 0 spiro atoms. The van der Waals surface area contributed by atoms with Crippen molar-refractivity contribution in [3.05, 3.63) is 77.9 Å². The van der Waals surface area contributed by atoms with E-state index >= 15 is 0 Å². The smallest absolute Gasteiger partial charge is 0.261 e. The summed E-state index contributed by atoms with van der Waals surface area (Å²) in [6.45, 7) is 8.86. The van der Waals surface area contributed by atoms with E-state index in [2.05, 4.69) is 19.2 Å². The Morgan fingerprint density at radius 3 is 2.36 bits per heavy atom. The van der Waals surface area contributed by atoms with E-state index in [1.807, 2.05) is 80.6 Å². The first-order chi connectivity index (χ1) is 15.9. The third kappa shape index (κ3) is 6.58. The number of aryl methyl sites for hydroxylation is 1. The Bertz CT molecular complexity index is 1070. The molecule has 0 aromatic heterocycles. The van der Waals surface area contributed by atoms with Crippen LogP contribution in [0.1, 0.15) is 38.3 Å². The first-order valence-electron chi connectivity index (χ1n) is 11.6. The molecular weight excluding hydrogens is 412 g/mol. The van der Waals surface area contributed by atoms with Crippen LogP contribution in [0.3, 0.4) is 0 Å². The number of amides is 2. The maximum Gasteiger partial charge on any atom is 0.261 e. The van der Waals surface area contributed by atoms with E-state index in [4.69, 9.17) is 4.74 Å². The molecule has 0 radical (unpaired) electrons. The number of carbonyl (C=O) groups is 2. The third-order valence-corrected chi connectivity index (χ3v) is 5.64. The molecule has 0 fully saturated rings. The van der Waals surface area contributed by atoms with Crippen LogP contribution in [0.2, 0.25) is 0 Å². The van der Waals surface area contributed by atoms with E-state index in [9.17, 15) is 9.59 Å². The lowest BCUT2D eigenvalue weighted by Crippen LogP contribution is -2.50. The van der Waals surface area contributed by atoms with Crippen LogP contribution >= 0.6 is 0 Å². The zero-order chi connectivity index (χ0) is 23.8. The van der Waals surface area contributed by atoms with Crippen molar-refractivity contribution in [1.82, 2.24) is 10.2 Å². The van der Waals surface area contributed by atoms with Gasteiger partial charge in [0.25, 0.3) is 5.91 Å². The summed E-state index contributed by atoms with van der Waals surface area (Å²) in [5.74, 6) is 0.656. The highest BCUT2D eigenvalue weighted by Gasteiger charge is 2.29. The molecule has 33 heavy (non-hydrogen) atoms. The molecule has 2 amide bonds. The summed E-state index contributed by atoms with van der Waals surface area (Å²) in [4.78, 5) is 28.0. The van der Waals surface area contributed by atoms with Crippen molar-refractivity contribution in [2.45, 2.75) is 46.7 Å². The summed E-state index contributed by atoms with van der Waals surface area (Å²) in [6, 6.07) is 21.2. The van der Waals surface area contributed by atoms with Crippen LogP contribution in [-0.4, -0.2) is 35.9 Å². The van der Waals surface area contributed by atoms with Crippen LogP contribution < -0.4 is 10.1 Å². The molecule has 0 aliphatic carbocycles. The zero-order valence-electron chi connectivity index (χ0n) is 20.0. The minimum atomic E-state index is -0.561. The van der Waals surface area contributed by atoms with Gasteiger partial charge in [-0.1, -0.05) is 87.0 Å². The summed E-state index contributed by atoms with van der Waals surface area (Å²) < 4.78 is 5.97. The number of nitrogens with zero attached hydrogens (tertiary/aromatic N) is 1. The second kappa shape index (κ2) is 11.5. The van der Waals surface area contributed by atoms with Crippen LogP contribution in [0.15, 0.2) is 66.7 Å². The van der Waals surface area contributed by atoms with Gasteiger partial charge >= 0.3 is 0 Å². The Balaban J connectivity index is 1.81. The van der Waals surface area contributed by atoms with E-state index in [1.54, 1.807) is 4.90 Å². The molecule has 1 atom stereocenters. The summed E-state index contributed by atoms with van der Waals surface area (Å²) in [5.41, 5.74) is 2.13. The Morgan fingerprint density at radius 1 is 0.970 bits per heavy atom. The summed E-state index contributed by atoms with van der Waals surface area (Å²) in [7, 11) is 0. The number of hydrogen-bond donors (Lipinski definition) is 1. The van der Waals surface area contributed by atoms with Crippen LogP contribution in [0.25, 0.3) is 10.8 Å². The number of carbonyl (C=O) groups excluding carboxylic acids is 2. The normalized spacial score (nSPS) is 11.9. The van der Waals surface area contributed by atoms with Gasteiger partial charge in [-0.2, -0.15) is 0 Å². The number of rotatable bonds is 10. The largest absolute Gasteiger partial charge is 0.483 e. The molecule has 0 heterocycles. The fourth-order valence-corrected chi connectivity index (χ4v) is 3.78. The van der Waals surface area contributed by atoms with E-state index in [0.29, 0.717) is 31.2 Å². The molecule has 0 bridgehead atoms. The van der Waals surface area contributed by atoms with Crippen molar-refractivity contribution in [3.63, 3.8) is 0 Å². The van der Waals surface area contributed by atoms with Crippen molar-refractivity contribution in [1.29, 1.82) is 0 Å². The zero-order valence-corrected chi connectivity index (χ0v) is 20.0. The molecule has 0 aliphatic heterocycles. The fourth-order valence-electron chi connectivity index (χ4n) is 3.78. The minimum Gasteiger partial charge on any atom is -0.483 e. The summed E-state index contributed by atoms with van der Waals surface area (Å²) >= 11 is 0. The lowest BCUT2D eigenvalue weighted by atomic mass is 10.1. The Kier molecular flexibility index (Phi) is 8.47. The van der Waals surface area contributed by atoms with E-state index in [-0.39, 0.29) is 18.4 Å². The molecule has 5 heteroatoms. The number of nitrogens with one attached hydrogen (secondary N) is 1. The van der Waals surface area contributed by atoms with E-state index in [0.717, 1.165) is 21.9 Å². The van der Waals surface area contributed by atoms with Gasteiger partial charge < -0.3 is 15.0 Å². The second-order valence-corrected chi connectivity index (χ2v) is 8.84. The highest BCUT2D eigenvalue weighted by Crippen LogP contribution is 2.25. The number of fused-ring (bicyclic) bond motifs is 1. The number of ether oxygens (including phenoxy) is 1. The van der Waals surface area contributed by atoms with Gasteiger partial charge in [-0.3, -0.25) is 9.59 Å². The molecule has 1 N–H and O–H groups in total. The molecule has 0 saturated heterocycles. The molecular formula is C28H34N2O3. The predicted molar refractivity (Wildman–Crippen MR) is 133 cm³/mol. The first-order valence-corrected chi connectivity index (χ1v) is 11.6. The van der Waals surface area contributed by atoms with Crippen LogP contribution in [-0.2, 0) is 16.1 Å². The number of hydrogen-bond acceptors (Lipinski definition) is 3. The molecule has 0 unspecified atom stereocenters. The highest BCUT2D eigenvalue weighted by molar-refractivity contribution is 5.90. The molecule has 5 nitrogen and oxygen atoms in total. The molecule has 3 aromatic rings. The van der Waals surface area contributed by atoms with Crippen molar-refractivity contribution in [2.75, 3.05) is 13.2 Å².